The molecule has 3 aromatic rings. The maximum absolute atomic E-state index is 14.5. The second-order valence-corrected chi connectivity index (χ2v) is 10.9. The summed E-state index contributed by atoms with van der Waals surface area (Å²) in [5, 5.41) is 9.18. The normalized spacial score (nSPS) is 15.1. The number of sulfone groups is 1. The summed E-state index contributed by atoms with van der Waals surface area (Å²) in [7, 11) is -3.31. The molecule has 0 saturated heterocycles. The Morgan fingerprint density at radius 3 is 2.41 bits per heavy atom. The fourth-order valence-corrected chi connectivity index (χ4v) is 5.50. The van der Waals surface area contributed by atoms with Crippen LogP contribution < -0.4 is 0 Å². The molecule has 4 rings (SSSR count). The Labute approximate surface area is 191 Å². The lowest BCUT2D eigenvalue weighted by atomic mass is 9.95. The van der Waals surface area contributed by atoms with Crippen molar-refractivity contribution < 1.29 is 17.6 Å². The molecule has 9 heteroatoms. The second-order valence-electron chi connectivity index (χ2n) is 7.96. The van der Waals surface area contributed by atoms with Gasteiger partial charge in [0, 0.05) is 17.9 Å². The number of rotatable bonds is 7. The van der Waals surface area contributed by atoms with Gasteiger partial charge in [-0.25, -0.2) is 12.8 Å². The highest BCUT2D eigenvalue weighted by atomic mass is 32.2. The largest absolute Gasteiger partial charge is 0.299 e. The Kier molecular flexibility index (Phi) is 6.76. The van der Waals surface area contributed by atoms with Gasteiger partial charge in [0.2, 0.25) is 0 Å². The first-order valence-electron chi connectivity index (χ1n) is 10.5. The number of hydrogen-bond acceptors (Lipinski definition) is 6. The molecule has 32 heavy (non-hydrogen) atoms. The maximum atomic E-state index is 14.5. The van der Waals surface area contributed by atoms with Gasteiger partial charge in [-0.3, -0.25) is 9.36 Å². The molecule has 0 radical (unpaired) electrons. The highest BCUT2D eigenvalue weighted by molar-refractivity contribution is 7.99. The first kappa shape index (κ1) is 22.7. The topological polar surface area (TPSA) is 81.9 Å². The van der Waals surface area contributed by atoms with Crippen molar-refractivity contribution in [1.82, 2.24) is 14.8 Å². The third-order valence-electron chi connectivity index (χ3n) is 5.66. The van der Waals surface area contributed by atoms with Crippen molar-refractivity contribution in [3.8, 4) is 11.4 Å². The first-order chi connectivity index (χ1) is 15.3. The van der Waals surface area contributed by atoms with E-state index >= 15 is 0 Å². The highest BCUT2D eigenvalue weighted by Crippen LogP contribution is 2.36. The average Bonchev–Trinajstić information content (AvgIpc) is 3.21. The minimum absolute atomic E-state index is 0.125. The number of halogens is 1. The van der Waals surface area contributed by atoms with Crippen LogP contribution in [0, 0.1) is 5.82 Å². The molecule has 2 aromatic carbocycles. The van der Waals surface area contributed by atoms with Crippen molar-refractivity contribution >= 4 is 27.4 Å². The molecule has 0 atom stereocenters. The van der Waals surface area contributed by atoms with Crippen LogP contribution in [0.2, 0.25) is 0 Å². The Morgan fingerprint density at radius 1 is 1.06 bits per heavy atom. The van der Waals surface area contributed by atoms with Crippen LogP contribution in [-0.4, -0.2) is 41.0 Å². The summed E-state index contributed by atoms with van der Waals surface area (Å²) in [6, 6.07) is 12.6. The molecule has 168 valence electrons. The van der Waals surface area contributed by atoms with E-state index in [1.165, 1.54) is 48.5 Å². The number of Topliss-reactive ketones (excluding diaryl/α,β-unsaturated/α-hetero) is 1. The molecule has 1 saturated carbocycles. The third-order valence-corrected chi connectivity index (χ3v) is 7.73. The third kappa shape index (κ3) is 4.94. The lowest BCUT2D eigenvalue weighted by Crippen LogP contribution is -2.16. The van der Waals surface area contributed by atoms with Crippen molar-refractivity contribution in [2.45, 2.75) is 48.2 Å². The average molecular weight is 474 g/mol. The predicted octanol–water partition coefficient (Wildman–Crippen LogP) is 4.97. The molecule has 0 aliphatic heterocycles. The van der Waals surface area contributed by atoms with E-state index < -0.39 is 9.84 Å². The van der Waals surface area contributed by atoms with Crippen LogP contribution in [0.3, 0.4) is 0 Å². The zero-order chi connectivity index (χ0) is 22.7. The predicted molar refractivity (Wildman–Crippen MR) is 122 cm³/mol. The molecule has 6 nitrogen and oxygen atoms in total. The summed E-state index contributed by atoms with van der Waals surface area (Å²) in [5.74, 6) is 0.124. The van der Waals surface area contributed by atoms with Crippen molar-refractivity contribution in [1.29, 1.82) is 0 Å². The summed E-state index contributed by atoms with van der Waals surface area (Å²) < 4.78 is 39.7. The standard InChI is InChI=1S/C23H24FN3O3S2/c1-32(29,30)18-13-11-16(12-14-18)21(28)15-31-23-26-25-22(19-9-5-6-10-20(19)24)27(23)17-7-3-2-4-8-17/h5-6,9-14,17H,2-4,7-8,15H2,1H3. The van der Waals surface area contributed by atoms with Crippen LogP contribution >= 0.6 is 11.8 Å². The van der Waals surface area contributed by atoms with Gasteiger partial charge in [-0.05, 0) is 37.1 Å². The van der Waals surface area contributed by atoms with E-state index in [0.717, 1.165) is 31.9 Å². The lowest BCUT2D eigenvalue weighted by molar-refractivity contribution is 0.102. The zero-order valence-electron chi connectivity index (χ0n) is 17.7. The van der Waals surface area contributed by atoms with Gasteiger partial charge >= 0.3 is 0 Å². The molecule has 0 N–H and O–H groups in total. The Bertz CT molecular complexity index is 1220. The van der Waals surface area contributed by atoms with Gasteiger partial charge in [0.05, 0.1) is 16.2 Å². The summed E-state index contributed by atoms with van der Waals surface area (Å²) in [4.78, 5) is 12.9. The minimum Gasteiger partial charge on any atom is -0.299 e. The summed E-state index contributed by atoms with van der Waals surface area (Å²) >= 11 is 1.27. The quantitative estimate of drug-likeness (QED) is 0.356. The first-order valence-corrected chi connectivity index (χ1v) is 13.4. The Balaban J connectivity index is 1.58. The summed E-state index contributed by atoms with van der Waals surface area (Å²) in [6.45, 7) is 0. The van der Waals surface area contributed by atoms with E-state index in [9.17, 15) is 17.6 Å². The number of benzene rings is 2. The van der Waals surface area contributed by atoms with Crippen LogP contribution in [0.25, 0.3) is 11.4 Å². The van der Waals surface area contributed by atoms with Gasteiger partial charge in [0.25, 0.3) is 0 Å². The van der Waals surface area contributed by atoms with Crippen molar-refractivity contribution in [3.63, 3.8) is 0 Å². The van der Waals surface area contributed by atoms with Gasteiger partial charge < -0.3 is 0 Å². The van der Waals surface area contributed by atoms with Crippen LogP contribution in [0.5, 0.6) is 0 Å². The molecular weight excluding hydrogens is 449 g/mol. The van der Waals surface area contributed by atoms with E-state index in [1.54, 1.807) is 18.2 Å². The molecular formula is C23H24FN3O3S2. The van der Waals surface area contributed by atoms with Crippen LogP contribution in [-0.2, 0) is 9.84 Å². The van der Waals surface area contributed by atoms with Crippen molar-refractivity contribution in [3.05, 3.63) is 59.9 Å². The number of nitrogens with zero attached hydrogens (tertiary/aromatic N) is 3. The molecule has 1 heterocycles. The van der Waals surface area contributed by atoms with Gasteiger partial charge in [-0.1, -0.05) is 55.3 Å². The van der Waals surface area contributed by atoms with Crippen molar-refractivity contribution in [2.75, 3.05) is 12.0 Å². The van der Waals surface area contributed by atoms with Gasteiger partial charge in [-0.2, -0.15) is 0 Å². The van der Waals surface area contributed by atoms with E-state index in [1.807, 2.05) is 4.57 Å². The van der Waals surface area contributed by atoms with E-state index in [-0.39, 0.29) is 28.3 Å². The van der Waals surface area contributed by atoms with Gasteiger partial charge in [-0.15, -0.1) is 10.2 Å². The lowest BCUT2D eigenvalue weighted by Gasteiger charge is -2.25. The number of ketones is 1. The molecule has 0 unspecified atom stereocenters. The number of hydrogen-bond donors (Lipinski definition) is 0. The van der Waals surface area contributed by atoms with Crippen LogP contribution in [0.4, 0.5) is 4.39 Å². The molecule has 0 bridgehead atoms. The smallest absolute Gasteiger partial charge is 0.192 e. The van der Waals surface area contributed by atoms with Crippen LogP contribution in [0.1, 0.15) is 48.5 Å². The van der Waals surface area contributed by atoms with E-state index in [0.29, 0.717) is 22.1 Å². The fourth-order valence-electron chi connectivity index (χ4n) is 3.97. The fraction of sp³-hybridized carbons (Fsp3) is 0.348. The molecule has 1 aliphatic carbocycles. The van der Waals surface area contributed by atoms with Crippen LogP contribution in [0.15, 0.2) is 58.6 Å². The molecule has 1 aliphatic rings. The summed E-state index contributed by atoms with van der Waals surface area (Å²) in [5.41, 5.74) is 0.836. The molecule has 1 aromatic heterocycles. The zero-order valence-corrected chi connectivity index (χ0v) is 19.3. The number of carbonyl (C=O) groups excluding carboxylic acids is 1. The number of thioether (sulfide) groups is 1. The molecule has 0 amide bonds. The Morgan fingerprint density at radius 2 is 1.75 bits per heavy atom. The molecule has 1 fully saturated rings. The van der Waals surface area contributed by atoms with E-state index in [2.05, 4.69) is 10.2 Å². The van der Waals surface area contributed by atoms with E-state index in [4.69, 9.17) is 0 Å². The number of aromatic nitrogens is 3. The monoisotopic (exact) mass is 473 g/mol. The maximum Gasteiger partial charge on any atom is 0.192 e. The summed E-state index contributed by atoms with van der Waals surface area (Å²) in [6.07, 6.45) is 6.43. The molecule has 0 spiro atoms. The number of carbonyl (C=O) groups is 1. The second kappa shape index (κ2) is 9.54. The minimum atomic E-state index is -3.31. The Hall–Kier alpha value is -2.52. The van der Waals surface area contributed by atoms with Gasteiger partial charge in [0.1, 0.15) is 5.82 Å². The van der Waals surface area contributed by atoms with Gasteiger partial charge in [0.15, 0.2) is 26.6 Å². The highest BCUT2D eigenvalue weighted by Gasteiger charge is 2.25. The SMILES string of the molecule is CS(=O)(=O)c1ccc(C(=O)CSc2nnc(-c3ccccc3F)n2C2CCCCC2)cc1. The van der Waals surface area contributed by atoms with Crippen molar-refractivity contribution in [2.24, 2.45) is 0 Å².